The van der Waals surface area contributed by atoms with E-state index in [2.05, 4.69) is 12.2 Å². The van der Waals surface area contributed by atoms with Crippen molar-refractivity contribution in [3.63, 3.8) is 0 Å². The van der Waals surface area contributed by atoms with Crippen LogP contribution >= 0.6 is 0 Å². The third kappa shape index (κ3) is 8.49. The number of hydrogen-bond acceptors (Lipinski definition) is 5. The molecular formula is C15H27NO6. The summed E-state index contributed by atoms with van der Waals surface area (Å²) >= 11 is 0. The summed E-state index contributed by atoms with van der Waals surface area (Å²) in [7, 11) is 0. The zero-order chi connectivity index (χ0) is 17.3. The highest BCUT2D eigenvalue weighted by Gasteiger charge is 2.27. The largest absolute Gasteiger partial charge is 0.481 e. The third-order valence-corrected chi connectivity index (χ3v) is 3.58. The first kappa shape index (κ1) is 20.2. The molecule has 22 heavy (non-hydrogen) atoms. The van der Waals surface area contributed by atoms with Crippen molar-refractivity contribution < 1.29 is 29.0 Å². The van der Waals surface area contributed by atoms with E-state index in [0.717, 1.165) is 12.8 Å². The molecule has 4 atom stereocenters. The molecule has 0 saturated carbocycles. The summed E-state index contributed by atoms with van der Waals surface area (Å²) in [5, 5.41) is 11.6. The van der Waals surface area contributed by atoms with Gasteiger partial charge < -0.3 is 19.9 Å². The van der Waals surface area contributed by atoms with Gasteiger partial charge in [0.05, 0.1) is 6.42 Å². The fraction of sp³-hybridized carbons (Fsp3) is 0.800. The monoisotopic (exact) mass is 317 g/mol. The Hall–Kier alpha value is -1.79. The minimum Gasteiger partial charge on any atom is -0.481 e. The summed E-state index contributed by atoms with van der Waals surface area (Å²) in [6, 6.07) is -0.545. The van der Waals surface area contributed by atoms with E-state index in [1.165, 1.54) is 13.8 Å². The summed E-state index contributed by atoms with van der Waals surface area (Å²) in [5.41, 5.74) is 0. The minimum atomic E-state index is -1.02. The van der Waals surface area contributed by atoms with E-state index in [1.807, 2.05) is 13.8 Å². The van der Waals surface area contributed by atoms with Crippen LogP contribution in [0.3, 0.4) is 0 Å². The SMILES string of the molecule is CCC[C@@H](C)[C@@H](C)[C@@H](CC(=O)O)NC(=O)O[C@H](C)OC(C)=O. The van der Waals surface area contributed by atoms with E-state index in [9.17, 15) is 14.4 Å². The summed E-state index contributed by atoms with van der Waals surface area (Å²) in [4.78, 5) is 33.5. The highest BCUT2D eigenvalue weighted by Crippen LogP contribution is 2.22. The number of amides is 1. The van der Waals surface area contributed by atoms with E-state index >= 15 is 0 Å². The number of alkyl carbamates (subject to hydrolysis) is 1. The fourth-order valence-electron chi connectivity index (χ4n) is 2.27. The van der Waals surface area contributed by atoms with E-state index in [0.29, 0.717) is 0 Å². The minimum absolute atomic E-state index is 0.0207. The lowest BCUT2D eigenvalue weighted by atomic mass is 9.84. The van der Waals surface area contributed by atoms with Gasteiger partial charge in [0, 0.05) is 19.9 Å². The molecule has 0 aliphatic carbocycles. The predicted octanol–water partition coefficient (Wildman–Crippen LogP) is 2.54. The van der Waals surface area contributed by atoms with E-state index in [-0.39, 0.29) is 18.3 Å². The number of rotatable bonds is 9. The first-order chi connectivity index (χ1) is 10.2. The van der Waals surface area contributed by atoms with Crippen molar-refractivity contribution in [1.29, 1.82) is 0 Å². The molecule has 128 valence electrons. The Morgan fingerprint density at radius 3 is 2.18 bits per heavy atom. The molecule has 0 fully saturated rings. The molecule has 0 bridgehead atoms. The maximum absolute atomic E-state index is 11.8. The Morgan fingerprint density at radius 2 is 1.73 bits per heavy atom. The van der Waals surface area contributed by atoms with Gasteiger partial charge in [-0.25, -0.2) is 4.79 Å². The number of carboxylic acid groups (broad SMARTS) is 1. The number of aliphatic carboxylic acids is 1. The highest BCUT2D eigenvalue weighted by molar-refractivity contribution is 5.71. The third-order valence-electron chi connectivity index (χ3n) is 3.58. The van der Waals surface area contributed by atoms with Crippen molar-refractivity contribution in [1.82, 2.24) is 5.32 Å². The Bertz CT molecular complexity index is 384. The maximum atomic E-state index is 11.8. The molecule has 0 rings (SSSR count). The van der Waals surface area contributed by atoms with Crippen molar-refractivity contribution in [3.8, 4) is 0 Å². The molecule has 0 unspecified atom stereocenters. The molecule has 0 heterocycles. The topological polar surface area (TPSA) is 102 Å². The van der Waals surface area contributed by atoms with Gasteiger partial charge in [-0.1, -0.05) is 33.6 Å². The van der Waals surface area contributed by atoms with Crippen LogP contribution in [-0.4, -0.2) is 35.5 Å². The molecule has 7 nitrogen and oxygen atoms in total. The van der Waals surface area contributed by atoms with Gasteiger partial charge in [0.25, 0.3) is 0 Å². The van der Waals surface area contributed by atoms with Gasteiger partial charge >= 0.3 is 18.0 Å². The van der Waals surface area contributed by atoms with Gasteiger partial charge in [-0.2, -0.15) is 0 Å². The molecule has 7 heteroatoms. The average molecular weight is 317 g/mol. The van der Waals surface area contributed by atoms with Crippen LogP contribution in [0.5, 0.6) is 0 Å². The lowest BCUT2D eigenvalue weighted by Crippen LogP contribution is -2.44. The quantitative estimate of drug-likeness (QED) is 0.500. The zero-order valence-corrected chi connectivity index (χ0v) is 13.9. The molecule has 0 aromatic rings. The van der Waals surface area contributed by atoms with Gasteiger partial charge in [0.2, 0.25) is 6.29 Å². The van der Waals surface area contributed by atoms with Crippen molar-refractivity contribution in [3.05, 3.63) is 0 Å². The van der Waals surface area contributed by atoms with Gasteiger partial charge in [-0.05, 0) is 11.8 Å². The molecule has 2 N–H and O–H groups in total. The number of carboxylic acids is 1. The molecule has 0 aliphatic rings. The van der Waals surface area contributed by atoms with Crippen molar-refractivity contribution >= 4 is 18.0 Å². The van der Waals surface area contributed by atoms with E-state index in [4.69, 9.17) is 14.6 Å². The van der Waals surface area contributed by atoms with Crippen LogP contribution in [0.2, 0.25) is 0 Å². The zero-order valence-electron chi connectivity index (χ0n) is 13.9. The normalized spacial score (nSPS) is 16.0. The Kier molecular flexibility index (Phi) is 9.21. The standard InChI is InChI=1S/C15H27NO6/c1-6-7-9(2)10(3)13(8-14(18)19)16-15(20)22-12(5)21-11(4)17/h9-10,12-13H,6-8H2,1-5H3,(H,16,20)(H,18,19)/t9-,10-,12-,13-/m1/s1. The summed E-state index contributed by atoms with van der Waals surface area (Å²) < 4.78 is 9.57. The molecule has 0 aromatic heterocycles. The number of carbonyl (C=O) groups is 3. The van der Waals surface area contributed by atoms with Crippen LogP contribution in [0.15, 0.2) is 0 Å². The lowest BCUT2D eigenvalue weighted by molar-refractivity contribution is -0.162. The number of esters is 1. The van der Waals surface area contributed by atoms with Crippen LogP contribution < -0.4 is 5.32 Å². The maximum Gasteiger partial charge on any atom is 0.410 e. The molecule has 0 spiro atoms. The van der Waals surface area contributed by atoms with Crippen LogP contribution in [0, 0.1) is 11.8 Å². The average Bonchev–Trinajstić information content (AvgIpc) is 2.35. The van der Waals surface area contributed by atoms with Crippen LogP contribution in [0.25, 0.3) is 0 Å². The molecular weight excluding hydrogens is 290 g/mol. The Labute approximate surface area is 131 Å². The van der Waals surface area contributed by atoms with Crippen LogP contribution in [-0.2, 0) is 19.1 Å². The number of hydrogen-bond donors (Lipinski definition) is 2. The smallest absolute Gasteiger partial charge is 0.410 e. The number of ether oxygens (including phenoxy) is 2. The van der Waals surface area contributed by atoms with E-state index < -0.39 is 30.4 Å². The summed E-state index contributed by atoms with van der Waals surface area (Å²) in [6.45, 7) is 8.61. The van der Waals surface area contributed by atoms with E-state index in [1.54, 1.807) is 0 Å². The van der Waals surface area contributed by atoms with Gasteiger partial charge in [-0.3, -0.25) is 9.59 Å². The second-order valence-electron chi connectivity index (χ2n) is 5.56. The molecule has 0 radical (unpaired) electrons. The first-order valence-electron chi connectivity index (χ1n) is 7.53. The molecule has 0 aliphatic heterocycles. The van der Waals surface area contributed by atoms with Crippen LogP contribution in [0.4, 0.5) is 4.79 Å². The lowest BCUT2D eigenvalue weighted by Gasteiger charge is -2.28. The highest BCUT2D eigenvalue weighted by atomic mass is 16.7. The molecule has 0 aromatic carbocycles. The fourth-order valence-corrected chi connectivity index (χ4v) is 2.27. The van der Waals surface area contributed by atoms with Gasteiger partial charge in [-0.15, -0.1) is 0 Å². The van der Waals surface area contributed by atoms with Crippen molar-refractivity contribution in [2.24, 2.45) is 11.8 Å². The van der Waals surface area contributed by atoms with Crippen LogP contribution in [0.1, 0.15) is 53.9 Å². The second kappa shape index (κ2) is 10.0. The Morgan fingerprint density at radius 1 is 1.14 bits per heavy atom. The molecule has 0 saturated heterocycles. The van der Waals surface area contributed by atoms with Gasteiger partial charge in [0.1, 0.15) is 0 Å². The summed E-state index contributed by atoms with van der Waals surface area (Å²) in [5.74, 6) is -1.31. The van der Waals surface area contributed by atoms with Crippen molar-refractivity contribution in [2.45, 2.75) is 66.2 Å². The van der Waals surface area contributed by atoms with Crippen molar-refractivity contribution in [2.75, 3.05) is 0 Å². The Balaban J connectivity index is 4.66. The second-order valence-corrected chi connectivity index (χ2v) is 5.56. The number of carbonyl (C=O) groups excluding carboxylic acids is 2. The summed E-state index contributed by atoms with van der Waals surface area (Å²) in [6.07, 6.45) is -0.0782. The predicted molar refractivity (Wildman–Crippen MR) is 80.1 cm³/mol. The number of nitrogens with one attached hydrogen (secondary N) is 1. The first-order valence-corrected chi connectivity index (χ1v) is 7.53. The van der Waals surface area contributed by atoms with Gasteiger partial charge in [0.15, 0.2) is 0 Å². The molecule has 1 amide bonds.